The summed E-state index contributed by atoms with van der Waals surface area (Å²) >= 11 is 12.5. The molecule has 0 radical (unpaired) electrons. The Morgan fingerprint density at radius 2 is 1.77 bits per heavy atom. The fourth-order valence-corrected chi connectivity index (χ4v) is 2.21. The summed E-state index contributed by atoms with van der Waals surface area (Å²) in [6.07, 6.45) is 2.31. The second kappa shape index (κ2) is 3.59. The average Bonchev–Trinajstić information content (AvgIpc) is 2.84. The molecule has 6 heteroatoms. The van der Waals surface area contributed by atoms with Crippen molar-refractivity contribution in [1.82, 2.24) is 9.97 Å². The van der Waals surface area contributed by atoms with E-state index in [9.17, 15) is 4.39 Å². The Balaban J connectivity index is 2.25. The zero-order chi connectivity index (χ0) is 9.42. The van der Waals surface area contributed by atoms with Gasteiger partial charge in [-0.15, -0.1) is 0 Å². The predicted octanol–water partition coefficient (Wildman–Crippen LogP) is 3.18. The van der Waals surface area contributed by atoms with Crippen LogP contribution in [0.4, 0.5) is 4.39 Å². The van der Waals surface area contributed by atoms with E-state index in [4.69, 9.17) is 23.2 Å². The van der Waals surface area contributed by atoms with E-state index in [-0.39, 0.29) is 10.3 Å². The highest BCUT2D eigenvalue weighted by Gasteiger charge is 2.24. The van der Waals surface area contributed by atoms with Gasteiger partial charge in [0.05, 0.1) is 0 Å². The minimum Gasteiger partial charge on any atom is -0.207 e. The summed E-state index contributed by atoms with van der Waals surface area (Å²) in [6, 6.07) is 0. The molecule has 1 aliphatic carbocycles. The third kappa shape index (κ3) is 2.24. The van der Waals surface area contributed by atoms with Crippen molar-refractivity contribution in [2.24, 2.45) is 0 Å². The van der Waals surface area contributed by atoms with Crippen molar-refractivity contribution in [2.45, 2.75) is 23.2 Å². The van der Waals surface area contributed by atoms with Gasteiger partial charge in [0.1, 0.15) is 0 Å². The quantitative estimate of drug-likeness (QED) is 0.585. The van der Waals surface area contributed by atoms with Crippen LogP contribution < -0.4 is 0 Å². The van der Waals surface area contributed by atoms with Crippen LogP contribution in [0.25, 0.3) is 0 Å². The maximum Gasteiger partial charge on any atom is 0.197 e. The first-order valence-corrected chi connectivity index (χ1v) is 5.35. The van der Waals surface area contributed by atoms with Gasteiger partial charge in [-0.25, -0.2) is 14.4 Å². The van der Waals surface area contributed by atoms with Crippen molar-refractivity contribution in [1.29, 1.82) is 0 Å². The maximum absolute atomic E-state index is 12.9. The van der Waals surface area contributed by atoms with Crippen molar-refractivity contribution in [3.63, 3.8) is 0 Å². The molecule has 0 saturated heterocycles. The molecule has 1 fully saturated rings. The van der Waals surface area contributed by atoms with E-state index >= 15 is 0 Å². The Hall–Kier alpha value is -0.0600. The summed E-state index contributed by atoms with van der Waals surface area (Å²) in [7, 11) is 0. The first-order chi connectivity index (χ1) is 6.16. The highest BCUT2D eigenvalue weighted by atomic mass is 35.5. The van der Waals surface area contributed by atoms with Gasteiger partial charge in [-0.1, -0.05) is 35.0 Å². The van der Waals surface area contributed by atoms with Crippen molar-refractivity contribution >= 4 is 35.0 Å². The molecule has 1 aliphatic rings. The second-order valence-electron chi connectivity index (χ2n) is 2.72. The van der Waals surface area contributed by atoms with E-state index in [0.717, 1.165) is 12.8 Å². The lowest BCUT2D eigenvalue weighted by Gasteiger charge is -2.00. The third-order valence-corrected chi connectivity index (χ3v) is 3.25. The first kappa shape index (κ1) is 9.49. The van der Waals surface area contributed by atoms with Crippen LogP contribution in [0.3, 0.4) is 0 Å². The van der Waals surface area contributed by atoms with Crippen LogP contribution in [-0.4, -0.2) is 15.2 Å². The Labute approximate surface area is 88.9 Å². The molecular formula is C7H5Cl2FN2S. The summed E-state index contributed by atoms with van der Waals surface area (Å²) in [5, 5.41) is 0.600. The lowest BCUT2D eigenvalue weighted by molar-refractivity contribution is 0.607. The standard InChI is InChI=1S/C7H5Cl2FN2S/c8-5-4(10)6(9)12-7(11-5)13-3-1-2-3/h3H,1-2H2. The van der Waals surface area contributed by atoms with Crippen LogP contribution >= 0.6 is 35.0 Å². The summed E-state index contributed by atoms with van der Waals surface area (Å²) < 4.78 is 12.9. The van der Waals surface area contributed by atoms with E-state index in [1.165, 1.54) is 11.8 Å². The third-order valence-electron chi connectivity index (χ3n) is 1.55. The van der Waals surface area contributed by atoms with Gasteiger partial charge >= 0.3 is 0 Å². The molecule has 0 N–H and O–H groups in total. The van der Waals surface area contributed by atoms with Gasteiger partial charge in [-0.2, -0.15) is 0 Å². The molecule has 0 bridgehead atoms. The molecule has 13 heavy (non-hydrogen) atoms. The minimum atomic E-state index is -0.747. The van der Waals surface area contributed by atoms with Crippen LogP contribution in [0, 0.1) is 5.82 Å². The Bertz CT molecular complexity index is 320. The summed E-state index contributed by atoms with van der Waals surface area (Å²) in [6.45, 7) is 0. The lowest BCUT2D eigenvalue weighted by Crippen LogP contribution is -1.93. The summed E-state index contributed by atoms with van der Waals surface area (Å²) in [5.41, 5.74) is 0. The van der Waals surface area contributed by atoms with Gasteiger partial charge < -0.3 is 0 Å². The molecule has 1 aromatic heterocycles. The van der Waals surface area contributed by atoms with E-state index < -0.39 is 5.82 Å². The molecule has 2 rings (SSSR count). The highest BCUT2D eigenvalue weighted by Crippen LogP contribution is 2.38. The van der Waals surface area contributed by atoms with E-state index in [2.05, 4.69) is 9.97 Å². The van der Waals surface area contributed by atoms with Crippen molar-refractivity contribution in [2.75, 3.05) is 0 Å². The van der Waals surface area contributed by atoms with Crippen molar-refractivity contribution in [3.8, 4) is 0 Å². The lowest BCUT2D eigenvalue weighted by atomic mass is 10.6. The molecule has 70 valence electrons. The number of aromatic nitrogens is 2. The van der Waals surface area contributed by atoms with E-state index in [0.29, 0.717) is 10.4 Å². The predicted molar refractivity (Wildman–Crippen MR) is 50.9 cm³/mol. The normalized spacial score (nSPS) is 16.2. The molecule has 1 saturated carbocycles. The van der Waals surface area contributed by atoms with Gasteiger partial charge in [-0.05, 0) is 12.8 Å². The van der Waals surface area contributed by atoms with E-state index in [1.54, 1.807) is 0 Å². The molecule has 0 aliphatic heterocycles. The first-order valence-electron chi connectivity index (χ1n) is 3.72. The van der Waals surface area contributed by atoms with Crippen LogP contribution in [0.2, 0.25) is 10.3 Å². The van der Waals surface area contributed by atoms with Gasteiger partial charge in [0, 0.05) is 5.25 Å². The molecular weight excluding hydrogens is 234 g/mol. The van der Waals surface area contributed by atoms with E-state index in [1.807, 2.05) is 0 Å². The van der Waals surface area contributed by atoms with Crippen LogP contribution in [0.1, 0.15) is 12.8 Å². The summed E-state index contributed by atoms with van der Waals surface area (Å²) in [5.74, 6) is -0.747. The Kier molecular flexibility index (Phi) is 2.62. The van der Waals surface area contributed by atoms with Crippen LogP contribution in [0.5, 0.6) is 0 Å². The second-order valence-corrected chi connectivity index (χ2v) is 4.70. The van der Waals surface area contributed by atoms with Gasteiger partial charge in [0.25, 0.3) is 0 Å². The van der Waals surface area contributed by atoms with Crippen LogP contribution in [-0.2, 0) is 0 Å². The number of thioether (sulfide) groups is 1. The number of rotatable bonds is 2. The topological polar surface area (TPSA) is 25.8 Å². The molecule has 1 heterocycles. The largest absolute Gasteiger partial charge is 0.207 e. The summed E-state index contributed by atoms with van der Waals surface area (Å²) in [4.78, 5) is 7.54. The molecule has 0 amide bonds. The molecule has 0 atom stereocenters. The SMILES string of the molecule is Fc1c(Cl)nc(SC2CC2)nc1Cl. The Morgan fingerprint density at radius 3 is 2.23 bits per heavy atom. The average molecular weight is 239 g/mol. The molecule has 0 unspecified atom stereocenters. The molecule has 0 aromatic carbocycles. The van der Waals surface area contributed by atoms with Crippen molar-refractivity contribution in [3.05, 3.63) is 16.1 Å². The monoisotopic (exact) mass is 238 g/mol. The van der Waals surface area contributed by atoms with Gasteiger partial charge in [0.2, 0.25) is 0 Å². The molecule has 2 nitrogen and oxygen atoms in total. The highest BCUT2D eigenvalue weighted by molar-refractivity contribution is 8.00. The minimum absolute atomic E-state index is 0.205. The Morgan fingerprint density at radius 1 is 1.23 bits per heavy atom. The van der Waals surface area contributed by atoms with Gasteiger partial charge in [0.15, 0.2) is 21.3 Å². The fraction of sp³-hybridized carbons (Fsp3) is 0.429. The number of nitrogens with zero attached hydrogens (tertiary/aromatic N) is 2. The van der Waals surface area contributed by atoms with Crippen molar-refractivity contribution < 1.29 is 4.39 Å². The number of halogens is 3. The fourth-order valence-electron chi connectivity index (χ4n) is 0.764. The zero-order valence-electron chi connectivity index (χ0n) is 6.43. The molecule has 0 spiro atoms. The number of hydrogen-bond donors (Lipinski definition) is 0. The zero-order valence-corrected chi connectivity index (χ0v) is 8.76. The smallest absolute Gasteiger partial charge is 0.197 e. The molecule has 1 aromatic rings. The maximum atomic E-state index is 12.9. The van der Waals surface area contributed by atoms with Crippen LogP contribution in [0.15, 0.2) is 5.16 Å². The number of hydrogen-bond acceptors (Lipinski definition) is 3. The van der Waals surface area contributed by atoms with Gasteiger partial charge in [-0.3, -0.25) is 0 Å².